The third-order valence-corrected chi connectivity index (χ3v) is 2.54. The predicted octanol–water partition coefficient (Wildman–Crippen LogP) is 1.77. The molecule has 0 bridgehead atoms. The average molecular weight is 197 g/mol. The highest BCUT2D eigenvalue weighted by Crippen LogP contribution is 2.22. The van der Waals surface area contributed by atoms with Gasteiger partial charge in [0.15, 0.2) is 0 Å². The Morgan fingerprint density at radius 2 is 2.21 bits per heavy atom. The van der Waals surface area contributed by atoms with Crippen LogP contribution in [-0.4, -0.2) is 18.6 Å². The molecule has 0 saturated heterocycles. The fourth-order valence-corrected chi connectivity index (χ4v) is 1.66. The van der Waals surface area contributed by atoms with Crippen molar-refractivity contribution in [3.05, 3.63) is 11.6 Å². The Balaban J connectivity index is 2.27. The maximum Gasteiger partial charge on any atom is 0.309 e. The summed E-state index contributed by atoms with van der Waals surface area (Å²) in [4.78, 5) is 11.1. The third kappa shape index (κ3) is 3.92. The molecular formula is C11H19NO2. The van der Waals surface area contributed by atoms with Crippen LogP contribution in [0.2, 0.25) is 0 Å². The lowest BCUT2D eigenvalue weighted by molar-refractivity contribution is -0.142. The molecule has 1 fully saturated rings. The standard InChI is InChI=1S/C11H19NO2/c1-2-14-11(13)8-5-9-3-6-10(12)7-4-9/h5,10H,2-4,6-8,12H2,1H3. The third-order valence-electron chi connectivity index (χ3n) is 2.54. The van der Waals surface area contributed by atoms with Crippen LogP contribution in [0, 0.1) is 0 Å². The van der Waals surface area contributed by atoms with Gasteiger partial charge in [0.25, 0.3) is 0 Å². The number of nitrogens with two attached hydrogens (primary N) is 1. The summed E-state index contributed by atoms with van der Waals surface area (Å²) in [6, 6.07) is 0.356. The molecule has 0 heterocycles. The van der Waals surface area contributed by atoms with Crippen LogP contribution in [0.4, 0.5) is 0 Å². The molecule has 3 heteroatoms. The van der Waals surface area contributed by atoms with E-state index in [9.17, 15) is 4.79 Å². The van der Waals surface area contributed by atoms with E-state index >= 15 is 0 Å². The molecule has 0 radical (unpaired) electrons. The summed E-state index contributed by atoms with van der Waals surface area (Å²) in [6.07, 6.45) is 6.60. The minimum atomic E-state index is -0.130. The number of hydrogen-bond acceptors (Lipinski definition) is 3. The normalized spacial score (nSPS) is 21.9. The van der Waals surface area contributed by atoms with E-state index in [0.29, 0.717) is 19.1 Å². The number of allylic oxidation sites excluding steroid dienone is 1. The lowest BCUT2D eigenvalue weighted by Crippen LogP contribution is -2.23. The van der Waals surface area contributed by atoms with Gasteiger partial charge in [-0.15, -0.1) is 0 Å². The second-order valence-electron chi connectivity index (χ2n) is 3.71. The topological polar surface area (TPSA) is 52.3 Å². The van der Waals surface area contributed by atoms with Gasteiger partial charge in [0.2, 0.25) is 0 Å². The molecule has 80 valence electrons. The Morgan fingerprint density at radius 3 is 2.79 bits per heavy atom. The van der Waals surface area contributed by atoms with E-state index in [4.69, 9.17) is 10.5 Å². The fraction of sp³-hybridized carbons (Fsp3) is 0.727. The predicted molar refractivity (Wildman–Crippen MR) is 55.8 cm³/mol. The van der Waals surface area contributed by atoms with E-state index in [1.165, 1.54) is 5.57 Å². The van der Waals surface area contributed by atoms with Crippen molar-refractivity contribution in [2.24, 2.45) is 5.73 Å². The minimum Gasteiger partial charge on any atom is -0.466 e. The van der Waals surface area contributed by atoms with Gasteiger partial charge in [0.05, 0.1) is 13.0 Å². The van der Waals surface area contributed by atoms with Crippen LogP contribution in [0.5, 0.6) is 0 Å². The van der Waals surface area contributed by atoms with Crippen LogP contribution in [0.1, 0.15) is 39.0 Å². The molecular weight excluding hydrogens is 178 g/mol. The van der Waals surface area contributed by atoms with Crippen molar-refractivity contribution in [3.8, 4) is 0 Å². The second kappa shape index (κ2) is 5.81. The van der Waals surface area contributed by atoms with Crippen molar-refractivity contribution in [3.63, 3.8) is 0 Å². The zero-order valence-electron chi connectivity index (χ0n) is 8.79. The first-order chi connectivity index (χ1) is 6.72. The Bertz CT molecular complexity index is 213. The van der Waals surface area contributed by atoms with E-state index in [-0.39, 0.29) is 5.97 Å². The van der Waals surface area contributed by atoms with Gasteiger partial charge in [-0.05, 0) is 32.6 Å². The molecule has 0 amide bonds. The Labute approximate surface area is 85.3 Å². The van der Waals surface area contributed by atoms with E-state index in [2.05, 4.69) is 0 Å². The average Bonchev–Trinajstić information content (AvgIpc) is 2.17. The number of carbonyl (C=O) groups excluding carboxylic acids is 1. The van der Waals surface area contributed by atoms with E-state index in [0.717, 1.165) is 25.7 Å². The first kappa shape index (κ1) is 11.2. The van der Waals surface area contributed by atoms with Crippen molar-refractivity contribution < 1.29 is 9.53 Å². The van der Waals surface area contributed by atoms with E-state index in [1.807, 2.05) is 13.0 Å². The summed E-state index contributed by atoms with van der Waals surface area (Å²) < 4.78 is 4.85. The molecule has 0 aromatic carbocycles. The van der Waals surface area contributed by atoms with Crippen molar-refractivity contribution in [1.29, 1.82) is 0 Å². The largest absolute Gasteiger partial charge is 0.466 e. The molecule has 1 aliphatic carbocycles. The number of esters is 1. The molecule has 2 N–H and O–H groups in total. The zero-order chi connectivity index (χ0) is 10.4. The van der Waals surface area contributed by atoms with Gasteiger partial charge in [0.1, 0.15) is 0 Å². The van der Waals surface area contributed by atoms with Gasteiger partial charge < -0.3 is 10.5 Å². The summed E-state index contributed by atoms with van der Waals surface area (Å²) in [5, 5.41) is 0. The van der Waals surface area contributed by atoms with E-state index in [1.54, 1.807) is 0 Å². The maximum atomic E-state index is 11.1. The quantitative estimate of drug-likeness (QED) is 0.554. The number of rotatable bonds is 3. The molecule has 0 unspecified atom stereocenters. The second-order valence-corrected chi connectivity index (χ2v) is 3.71. The highest BCUT2D eigenvalue weighted by Gasteiger charge is 2.12. The van der Waals surface area contributed by atoms with Gasteiger partial charge in [-0.1, -0.05) is 11.6 Å². The van der Waals surface area contributed by atoms with Crippen LogP contribution in [0.25, 0.3) is 0 Å². The molecule has 3 nitrogen and oxygen atoms in total. The molecule has 0 spiro atoms. The molecule has 1 saturated carbocycles. The number of hydrogen-bond donors (Lipinski definition) is 1. The lowest BCUT2D eigenvalue weighted by Gasteiger charge is -2.19. The highest BCUT2D eigenvalue weighted by atomic mass is 16.5. The molecule has 1 aliphatic rings. The van der Waals surface area contributed by atoms with Gasteiger partial charge >= 0.3 is 5.97 Å². The summed E-state index contributed by atoms with van der Waals surface area (Å²) in [5.41, 5.74) is 7.14. The fourth-order valence-electron chi connectivity index (χ4n) is 1.66. The molecule has 0 aliphatic heterocycles. The Morgan fingerprint density at radius 1 is 1.57 bits per heavy atom. The Kier molecular flexibility index (Phi) is 4.66. The summed E-state index contributed by atoms with van der Waals surface area (Å²) in [7, 11) is 0. The monoisotopic (exact) mass is 197 g/mol. The smallest absolute Gasteiger partial charge is 0.309 e. The lowest BCUT2D eigenvalue weighted by atomic mass is 9.91. The van der Waals surface area contributed by atoms with Crippen LogP contribution in [0.15, 0.2) is 11.6 Å². The van der Waals surface area contributed by atoms with Crippen LogP contribution < -0.4 is 5.73 Å². The zero-order valence-corrected chi connectivity index (χ0v) is 8.79. The molecule has 0 aromatic heterocycles. The van der Waals surface area contributed by atoms with Crippen LogP contribution in [0.3, 0.4) is 0 Å². The van der Waals surface area contributed by atoms with Gasteiger partial charge in [-0.25, -0.2) is 0 Å². The van der Waals surface area contributed by atoms with Gasteiger partial charge in [-0.2, -0.15) is 0 Å². The maximum absolute atomic E-state index is 11.1. The van der Waals surface area contributed by atoms with Crippen LogP contribution >= 0.6 is 0 Å². The van der Waals surface area contributed by atoms with Gasteiger partial charge in [0, 0.05) is 6.04 Å². The minimum absolute atomic E-state index is 0.130. The van der Waals surface area contributed by atoms with Crippen molar-refractivity contribution in [1.82, 2.24) is 0 Å². The molecule has 0 atom stereocenters. The summed E-state index contributed by atoms with van der Waals surface area (Å²) in [5.74, 6) is -0.130. The Hall–Kier alpha value is -0.830. The summed E-state index contributed by atoms with van der Waals surface area (Å²) >= 11 is 0. The van der Waals surface area contributed by atoms with Crippen molar-refractivity contribution in [2.45, 2.75) is 45.1 Å². The van der Waals surface area contributed by atoms with Crippen LogP contribution in [-0.2, 0) is 9.53 Å². The molecule has 1 rings (SSSR count). The first-order valence-corrected chi connectivity index (χ1v) is 5.31. The van der Waals surface area contributed by atoms with Gasteiger partial charge in [-0.3, -0.25) is 4.79 Å². The summed E-state index contributed by atoms with van der Waals surface area (Å²) in [6.45, 7) is 2.29. The van der Waals surface area contributed by atoms with E-state index < -0.39 is 0 Å². The first-order valence-electron chi connectivity index (χ1n) is 5.31. The highest BCUT2D eigenvalue weighted by molar-refractivity contribution is 5.71. The SMILES string of the molecule is CCOC(=O)CC=C1CCC(N)CC1. The number of ether oxygens (including phenoxy) is 1. The molecule has 14 heavy (non-hydrogen) atoms. The van der Waals surface area contributed by atoms with Crippen molar-refractivity contribution >= 4 is 5.97 Å². The van der Waals surface area contributed by atoms with Crippen molar-refractivity contribution in [2.75, 3.05) is 6.61 Å². The molecule has 0 aromatic rings. The number of carbonyl (C=O) groups is 1.